The molecule has 0 radical (unpaired) electrons. The number of amides is 1. The number of ether oxygens (including phenoxy) is 2. The molecule has 0 bridgehead atoms. The first-order valence-electron chi connectivity index (χ1n) is 18.8. The van der Waals surface area contributed by atoms with Crippen molar-refractivity contribution in [1.82, 2.24) is 4.90 Å². The van der Waals surface area contributed by atoms with Crippen LogP contribution in [0.1, 0.15) is 202 Å². The number of rotatable bonds is 33. The summed E-state index contributed by atoms with van der Waals surface area (Å²) in [5.74, 6) is 0.277. The molecule has 0 aromatic carbocycles. The van der Waals surface area contributed by atoms with Crippen molar-refractivity contribution in [1.29, 1.82) is 0 Å². The molecular formula is C38H77NO3. The molecule has 252 valence electrons. The normalized spacial score (nSPS) is 12.6. The van der Waals surface area contributed by atoms with Crippen LogP contribution in [0.25, 0.3) is 0 Å². The average Bonchev–Trinajstić information content (AvgIpc) is 2.97. The maximum absolute atomic E-state index is 13.3. The zero-order valence-electron chi connectivity index (χ0n) is 29.8. The molecule has 0 saturated heterocycles. The van der Waals surface area contributed by atoms with Crippen LogP contribution in [-0.4, -0.2) is 49.3 Å². The van der Waals surface area contributed by atoms with Gasteiger partial charge in [0.05, 0.1) is 18.1 Å². The molecule has 1 unspecified atom stereocenters. The van der Waals surface area contributed by atoms with E-state index in [-0.39, 0.29) is 17.6 Å². The van der Waals surface area contributed by atoms with Crippen molar-refractivity contribution in [2.24, 2.45) is 0 Å². The van der Waals surface area contributed by atoms with Gasteiger partial charge in [0.2, 0.25) is 5.91 Å². The molecule has 0 aromatic heterocycles. The number of unbranched alkanes of at least 4 members (excludes halogenated alkanes) is 22. The number of carbonyl (C=O) groups is 1. The number of hydrogen-bond donors (Lipinski definition) is 0. The molecule has 1 amide bonds. The van der Waals surface area contributed by atoms with Crippen LogP contribution in [0.2, 0.25) is 0 Å². The molecule has 0 aliphatic rings. The zero-order valence-corrected chi connectivity index (χ0v) is 29.8. The molecule has 0 heterocycles. The highest BCUT2D eigenvalue weighted by Gasteiger charge is 2.19. The molecule has 0 N–H and O–H groups in total. The number of nitrogens with zero attached hydrogens (tertiary/aromatic N) is 1. The lowest BCUT2D eigenvalue weighted by Crippen LogP contribution is -2.35. The van der Waals surface area contributed by atoms with Crippen LogP contribution >= 0.6 is 0 Å². The fourth-order valence-electron chi connectivity index (χ4n) is 5.69. The third-order valence-corrected chi connectivity index (χ3v) is 9.04. The Balaban J connectivity index is 4.25. The quantitative estimate of drug-likeness (QED) is 0.0708. The molecule has 0 spiro atoms. The fourth-order valence-corrected chi connectivity index (χ4v) is 5.69. The topological polar surface area (TPSA) is 38.8 Å². The van der Waals surface area contributed by atoms with Crippen molar-refractivity contribution in [3.05, 3.63) is 0 Å². The fraction of sp³-hybridized carbons (Fsp3) is 0.974. The van der Waals surface area contributed by atoms with E-state index >= 15 is 0 Å². The van der Waals surface area contributed by atoms with Gasteiger partial charge in [-0.3, -0.25) is 4.79 Å². The summed E-state index contributed by atoms with van der Waals surface area (Å²) in [7, 11) is 1.75. The van der Waals surface area contributed by atoms with Gasteiger partial charge in [-0.2, -0.15) is 0 Å². The van der Waals surface area contributed by atoms with Gasteiger partial charge in [0, 0.05) is 26.8 Å². The van der Waals surface area contributed by atoms with Crippen LogP contribution in [0.15, 0.2) is 0 Å². The van der Waals surface area contributed by atoms with Crippen molar-refractivity contribution in [2.45, 2.75) is 213 Å². The smallest absolute Gasteiger partial charge is 0.225 e. The van der Waals surface area contributed by atoms with Gasteiger partial charge in [0.15, 0.2) is 0 Å². The van der Waals surface area contributed by atoms with Gasteiger partial charge < -0.3 is 14.4 Å². The first-order chi connectivity index (χ1) is 20.4. The van der Waals surface area contributed by atoms with Crippen LogP contribution in [0.4, 0.5) is 0 Å². The predicted octanol–water partition coefficient (Wildman–Crippen LogP) is 11.8. The van der Waals surface area contributed by atoms with E-state index in [2.05, 4.69) is 32.6 Å². The van der Waals surface area contributed by atoms with E-state index in [9.17, 15) is 4.79 Å². The standard InChI is InChI=1S/C38H77NO3/c1-7-9-11-13-15-17-19-21-23-25-27-29-32-39(37(40)35-36(3)42-34-31-38(4,5)41-6)33-30-28-26-24-22-20-18-16-14-12-10-8-2/h36H,7-35H2,1-6H3. The molecule has 0 fully saturated rings. The van der Waals surface area contributed by atoms with Gasteiger partial charge in [-0.15, -0.1) is 0 Å². The summed E-state index contributed by atoms with van der Waals surface area (Å²) in [5, 5.41) is 0. The summed E-state index contributed by atoms with van der Waals surface area (Å²) < 4.78 is 11.5. The Morgan fingerprint density at radius 1 is 0.595 bits per heavy atom. The second kappa shape index (κ2) is 30.4. The van der Waals surface area contributed by atoms with E-state index in [1.807, 2.05) is 6.92 Å². The Kier molecular flexibility index (Phi) is 30.0. The Hall–Kier alpha value is -0.610. The second-order valence-electron chi connectivity index (χ2n) is 13.8. The van der Waals surface area contributed by atoms with Crippen molar-refractivity contribution >= 4 is 5.91 Å². The van der Waals surface area contributed by atoms with Gasteiger partial charge in [0.1, 0.15) is 0 Å². The predicted molar refractivity (Wildman–Crippen MR) is 184 cm³/mol. The van der Waals surface area contributed by atoms with Crippen LogP contribution < -0.4 is 0 Å². The van der Waals surface area contributed by atoms with Crippen LogP contribution in [-0.2, 0) is 14.3 Å². The van der Waals surface area contributed by atoms with Gasteiger partial charge in [-0.1, -0.05) is 155 Å². The lowest BCUT2D eigenvalue weighted by Gasteiger charge is -2.26. The van der Waals surface area contributed by atoms with Crippen LogP contribution in [0, 0.1) is 0 Å². The summed E-state index contributed by atoms with van der Waals surface area (Å²) in [5.41, 5.74) is -0.182. The summed E-state index contributed by atoms with van der Waals surface area (Å²) in [4.78, 5) is 15.4. The highest BCUT2D eigenvalue weighted by molar-refractivity contribution is 5.76. The largest absolute Gasteiger partial charge is 0.379 e. The van der Waals surface area contributed by atoms with E-state index < -0.39 is 0 Å². The molecule has 0 aliphatic heterocycles. The Labute approximate surface area is 264 Å². The summed E-state index contributed by atoms with van der Waals surface area (Å²) >= 11 is 0. The van der Waals surface area contributed by atoms with Crippen molar-refractivity contribution in [2.75, 3.05) is 26.8 Å². The Bertz CT molecular complexity index is 537. The number of methoxy groups -OCH3 is 1. The van der Waals surface area contributed by atoms with E-state index in [0.717, 1.165) is 32.4 Å². The lowest BCUT2D eigenvalue weighted by molar-refractivity contribution is -0.134. The van der Waals surface area contributed by atoms with Gasteiger partial charge in [0.25, 0.3) is 0 Å². The SMILES string of the molecule is CCCCCCCCCCCCCCN(CCCCCCCCCCCCCC)C(=O)CC(C)OCCC(C)(C)OC. The first-order valence-corrected chi connectivity index (χ1v) is 18.8. The Morgan fingerprint density at radius 3 is 1.26 bits per heavy atom. The van der Waals surface area contributed by atoms with E-state index in [1.54, 1.807) is 7.11 Å². The molecule has 0 saturated carbocycles. The van der Waals surface area contributed by atoms with Crippen molar-refractivity contribution < 1.29 is 14.3 Å². The highest BCUT2D eigenvalue weighted by Crippen LogP contribution is 2.16. The molecular weight excluding hydrogens is 518 g/mol. The molecule has 1 atom stereocenters. The minimum Gasteiger partial charge on any atom is -0.379 e. The van der Waals surface area contributed by atoms with Gasteiger partial charge >= 0.3 is 0 Å². The third kappa shape index (κ3) is 28.2. The van der Waals surface area contributed by atoms with Gasteiger partial charge in [-0.25, -0.2) is 0 Å². The molecule has 0 aliphatic carbocycles. The molecule has 0 aromatic rings. The van der Waals surface area contributed by atoms with E-state index in [1.165, 1.54) is 141 Å². The van der Waals surface area contributed by atoms with Crippen LogP contribution in [0.5, 0.6) is 0 Å². The second-order valence-corrected chi connectivity index (χ2v) is 13.8. The van der Waals surface area contributed by atoms with Crippen molar-refractivity contribution in [3.8, 4) is 0 Å². The summed E-state index contributed by atoms with van der Waals surface area (Å²) in [6, 6.07) is 0. The van der Waals surface area contributed by atoms with E-state index in [4.69, 9.17) is 9.47 Å². The van der Waals surface area contributed by atoms with E-state index in [0.29, 0.717) is 13.0 Å². The summed E-state index contributed by atoms with van der Waals surface area (Å²) in [6.07, 6.45) is 33.7. The first kappa shape index (κ1) is 41.4. The maximum Gasteiger partial charge on any atom is 0.225 e. The van der Waals surface area contributed by atoms with Crippen LogP contribution in [0.3, 0.4) is 0 Å². The molecule has 4 nitrogen and oxygen atoms in total. The molecule has 42 heavy (non-hydrogen) atoms. The third-order valence-electron chi connectivity index (χ3n) is 9.04. The Morgan fingerprint density at radius 2 is 0.929 bits per heavy atom. The zero-order chi connectivity index (χ0) is 31.2. The monoisotopic (exact) mass is 596 g/mol. The highest BCUT2D eigenvalue weighted by atomic mass is 16.5. The minimum absolute atomic E-state index is 0.0448. The van der Waals surface area contributed by atoms with Crippen molar-refractivity contribution in [3.63, 3.8) is 0 Å². The molecule has 0 rings (SSSR count). The molecule has 4 heteroatoms. The van der Waals surface area contributed by atoms with Gasteiger partial charge in [-0.05, 0) is 40.0 Å². The summed E-state index contributed by atoms with van der Waals surface area (Å²) in [6.45, 7) is 13.2. The minimum atomic E-state index is -0.182. The maximum atomic E-state index is 13.3. The lowest BCUT2D eigenvalue weighted by atomic mass is 10.0. The number of hydrogen-bond acceptors (Lipinski definition) is 3. The number of carbonyl (C=O) groups excluding carboxylic acids is 1. The average molecular weight is 596 g/mol.